The molecule has 0 saturated carbocycles. The van der Waals surface area contributed by atoms with Gasteiger partial charge in [-0.3, -0.25) is 9.59 Å². The summed E-state index contributed by atoms with van der Waals surface area (Å²) in [6.45, 7) is 7.97. The number of piperazine rings is 1. The number of anilines is 1. The molecule has 2 unspecified atom stereocenters. The largest absolute Gasteiger partial charge is 0.391 e. The summed E-state index contributed by atoms with van der Waals surface area (Å²) in [7, 11) is 0. The Kier molecular flexibility index (Phi) is 8.13. The minimum atomic E-state index is -0.614. The summed E-state index contributed by atoms with van der Waals surface area (Å²) in [6, 6.07) is 3.81. The average molecular weight is 499 g/mol. The standard InChI is InChI=1S/C23H32Cl2N4O4/c1-15-21(32)27(9-4-5-20(31)28-10-8-23(2,3)19(30)14-28)11-12-29(15)22(33)26-16-6-7-17(24)18(25)13-16/h6-7,13,15,19,30H,4-5,8-12,14H2,1-3H3,(H,26,33). The summed E-state index contributed by atoms with van der Waals surface area (Å²) < 4.78 is 0. The van der Waals surface area contributed by atoms with Gasteiger partial charge in [-0.1, -0.05) is 37.0 Å². The third kappa shape index (κ3) is 6.11. The molecule has 2 saturated heterocycles. The van der Waals surface area contributed by atoms with Gasteiger partial charge in [-0.2, -0.15) is 0 Å². The first-order valence-corrected chi connectivity index (χ1v) is 12.0. The highest BCUT2D eigenvalue weighted by molar-refractivity contribution is 6.42. The predicted molar refractivity (Wildman–Crippen MR) is 128 cm³/mol. The van der Waals surface area contributed by atoms with Crippen LogP contribution in [0.3, 0.4) is 0 Å². The number of aliphatic hydroxyl groups is 1. The van der Waals surface area contributed by atoms with Crippen molar-refractivity contribution in [1.29, 1.82) is 0 Å². The van der Waals surface area contributed by atoms with Gasteiger partial charge < -0.3 is 25.1 Å². The van der Waals surface area contributed by atoms with Crippen molar-refractivity contribution >= 4 is 46.7 Å². The number of halogens is 2. The maximum absolute atomic E-state index is 12.8. The summed E-state index contributed by atoms with van der Waals surface area (Å²) >= 11 is 11.9. The number of nitrogens with zero attached hydrogens (tertiary/aromatic N) is 3. The van der Waals surface area contributed by atoms with Crippen LogP contribution >= 0.6 is 23.2 Å². The fraction of sp³-hybridized carbons (Fsp3) is 0.609. The van der Waals surface area contributed by atoms with Gasteiger partial charge in [0, 0.05) is 44.8 Å². The number of hydrogen-bond acceptors (Lipinski definition) is 4. The fourth-order valence-electron chi connectivity index (χ4n) is 4.14. The molecule has 0 aromatic heterocycles. The van der Waals surface area contributed by atoms with Gasteiger partial charge in [0.25, 0.3) is 0 Å². The number of β-amino-alcohol motifs (C(OH)–C–C–N with tert-alkyl or cyclic N) is 1. The molecule has 2 aliphatic rings. The molecule has 2 N–H and O–H groups in total. The molecule has 33 heavy (non-hydrogen) atoms. The van der Waals surface area contributed by atoms with E-state index in [1.165, 1.54) is 4.90 Å². The molecule has 1 aromatic rings. The normalized spacial score (nSPS) is 23.0. The molecular formula is C23H32Cl2N4O4. The highest BCUT2D eigenvalue weighted by Gasteiger charge is 2.36. The minimum Gasteiger partial charge on any atom is -0.391 e. The van der Waals surface area contributed by atoms with Crippen LogP contribution in [0.2, 0.25) is 10.0 Å². The van der Waals surface area contributed by atoms with Crippen molar-refractivity contribution in [2.24, 2.45) is 5.41 Å². The van der Waals surface area contributed by atoms with Crippen LogP contribution < -0.4 is 5.32 Å². The highest BCUT2D eigenvalue weighted by Crippen LogP contribution is 2.30. The number of aliphatic hydroxyl groups excluding tert-OH is 1. The molecule has 182 valence electrons. The Morgan fingerprint density at radius 3 is 2.58 bits per heavy atom. The molecule has 0 radical (unpaired) electrons. The number of nitrogens with one attached hydrogen (secondary N) is 1. The predicted octanol–water partition coefficient (Wildman–Crippen LogP) is 3.46. The minimum absolute atomic E-state index is 0.00434. The molecule has 2 atom stereocenters. The molecule has 0 bridgehead atoms. The average Bonchev–Trinajstić information content (AvgIpc) is 2.75. The Hall–Kier alpha value is -2.03. The van der Waals surface area contributed by atoms with Gasteiger partial charge in [0.15, 0.2) is 0 Å². The highest BCUT2D eigenvalue weighted by atomic mass is 35.5. The van der Waals surface area contributed by atoms with Crippen LogP contribution in [0.5, 0.6) is 0 Å². The van der Waals surface area contributed by atoms with Crippen molar-refractivity contribution in [2.75, 3.05) is 38.0 Å². The van der Waals surface area contributed by atoms with Gasteiger partial charge in [-0.15, -0.1) is 0 Å². The van der Waals surface area contributed by atoms with Crippen molar-refractivity contribution in [3.63, 3.8) is 0 Å². The maximum Gasteiger partial charge on any atom is 0.322 e. The lowest BCUT2D eigenvalue weighted by molar-refractivity contribution is -0.141. The van der Waals surface area contributed by atoms with Crippen molar-refractivity contribution in [1.82, 2.24) is 14.7 Å². The maximum atomic E-state index is 12.8. The number of rotatable bonds is 5. The van der Waals surface area contributed by atoms with E-state index in [0.717, 1.165) is 6.42 Å². The lowest BCUT2D eigenvalue weighted by Gasteiger charge is -2.41. The van der Waals surface area contributed by atoms with E-state index in [9.17, 15) is 19.5 Å². The van der Waals surface area contributed by atoms with Crippen molar-refractivity contribution in [3.8, 4) is 0 Å². The van der Waals surface area contributed by atoms with Gasteiger partial charge in [-0.25, -0.2) is 4.79 Å². The lowest BCUT2D eigenvalue weighted by Crippen LogP contribution is -2.58. The number of piperidine rings is 1. The van der Waals surface area contributed by atoms with Crippen molar-refractivity contribution in [2.45, 2.75) is 52.2 Å². The zero-order chi connectivity index (χ0) is 24.3. The van der Waals surface area contributed by atoms with Crippen molar-refractivity contribution < 1.29 is 19.5 Å². The molecule has 2 aliphatic heterocycles. The monoisotopic (exact) mass is 498 g/mol. The molecule has 8 nitrogen and oxygen atoms in total. The van der Waals surface area contributed by atoms with Crippen LogP contribution in [0.1, 0.15) is 40.0 Å². The molecule has 10 heteroatoms. The Balaban J connectivity index is 1.46. The first kappa shape index (κ1) is 25.6. The summed E-state index contributed by atoms with van der Waals surface area (Å²) in [6.07, 6.45) is 1.11. The Bertz CT molecular complexity index is 910. The summed E-state index contributed by atoms with van der Waals surface area (Å²) in [5, 5.41) is 13.7. The number of carbonyl (C=O) groups is 3. The first-order valence-electron chi connectivity index (χ1n) is 11.3. The number of amides is 4. The van der Waals surface area contributed by atoms with Gasteiger partial charge in [-0.05, 0) is 43.4 Å². The second-order valence-corrected chi connectivity index (χ2v) is 10.3. The molecule has 0 spiro atoms. The Labute approximate surface area is 204 Å². The zero-order valence-electron chi connectivity index (χ0n) is 19.3. The molecule has 1 aromatic carbocycles. The first-order chi connectivity index (χ1) is 15.5. The summed E-state index contributed by atoms with van der Waals surface area (Å²) in [5.41, 5.74) is 0.326. The zero-order valence-corrected chi connectivity index (χ0v) is 20.8. The molecule has 4 amide bonds. The number of likely N-dealkylation sites (tertiary alicyclic amines) is 1. The molecule has 0 aliphatic carbocycles. The van der Waals surface area contributed by atoms with Crippen LogP contribution in [-0.4, -0.2) is 82.5 Å². The van der Waals surface area contributed by atoms with Gasteiger partial charge in [0.05, 0.1) is 16.1 Å². The SMILES string of the molecule is CC1C(=O)N(CCCC(=O)N2CCC(C)(C)C(O)C2)CCN1C(=O)Nc1ccc(Cl)c(Cl)c1. The van der Waals surface area contributed by atoms with E-state index in [0.29, 0.717) is 61.3 Å². The van der Waals surface area contributed by atoms with Crippen LogP contribution in [0.4, 0.5) is 10.5 Å². The molecule has 2 fully saturated rings. The number of benzene rings is 1. The topological polar surface area (TPSA) is 93.2 Å². The summed E-state index contributed by atoms with van der Waals surface area (Å²) in [5.74, 6) is -0.141. The van der Waals surface area contributed by atoms with E-state index < -0.39 is 12.1 Å². The second-order valence-electron chi connectivity index (χ2n) is 9.45. The summed E-state index contributed by atoms with van der Waals surface area (Å²) in [4.78, 5) is 42.9. The quantitative estimate of drug-likeness (QED) is 0.649. The molecule has 3 rings (SSSR count). The van der Waals surface area contributed by atoms with Gasteiger partial charge in [0.1, 0.15) is 6.04 Å². The Morgan fingerprint density at radius 2 is 1.91 bits per heavy atom. The van der Waals surface area contributed by atoms with Crippen LogP contribution in [-0.2, 0) is 9.59 Å². The van der Waals surface area contributed by atoms with Crippen LogP contribution in [0.25, 0.3) is 0 Å². The lowest BCUT2D eigenvalue weighted by atomic mass is 9.80. The van der Waals surface area contributed by atoms with Gasteiger partial charge >= 0.3 is 6.03 Å². The third-order valence-corrected chi connectivity index (χ3v) is 7.41. The van der Waals surface area contributed by atoms with E-state index in [4.69, 9.17) is 23.2 Å². The molecular weight excluding hydrogens is 467 g/mol. The second kappa shape index (κ2) is 10.5. The fourth-order valence-corrected chi connectivity index (χ4v) is 4.44. The number of carbonyl (C=O) groups excluding carboxylic acids is 3. The van der Waals surface area contributed by atoms with Gasteiger partial charge in [0.2, 0.25) is 11.8 Å². The smallest absolute Gasteiger partial charge is 0.322 e. The van der Waals surface area contributed by atoms with Crippen molar-refractivity contribution in [3.05, 3.63) is 28.2 Å². The van der Waals surface area contributed by atoms with Crippen LogP contribution in [0.15, 0.2) is 18.2 Å². The van der Waals surface area contributed by atoms with E-state index in [1.54, 1.807) is 34.9 Å². The third-order valence-electron chi connectivity index (χ3n) is 6.67. The van der Waals surface area contributed by atoms with Crippen LogP contribution in [0, 0.1) is 5.41 Å². The number of hydrogen-bond donors (Lipinski definition) is 2. The Morgan fingerprint density at radius 1 is 1.18 bits per heavy atom. The van der Waals surface area contributed by atoms with E-state index in [2.05, 4.69) is 5.32 Å². The number of urea groups is 1. The van der Waals surface area contributed by atoms with E-state index in [-0.39, 0.29) is 23.3 Å². The molecule has 2 heterocycles. The van der Waals surface area contributed by atoms with E-state index in [1.807, 2.05) is 13.8 Å². The van der Waals surface area contributed by atoms with E-state index >= 15 is 0 Å².